The molecule has 0 bridgehead atoms. The normalized spacial score (nSPS) is 19.9. The second kappa shape index (κ2) is 7.62. The van der Waals surface area contributed by atoms with E-state index in [-0.39, 0.29) is 17.7 Å². The van der Waals surface area contributed by atoms with Crippen LogP contribution in [0, 0.1) is 0 Å². The fourth-order valence-corrected chi connectivity index (χ4v) is 4.79. The van der Waals surface area contributed by atoms with E-state index in [1.54, 1.807) is 11.3 Å². The lowest BCUT2D eigenvalue weighted by atomic mass is 10.00. The number of amides is 2. The Morgan fingerprint density at radius 1 is 1.00 bits per heavy atom. The van der Waals surface area contributed by atoms with Gasteiger partial charge in [-0.15, -0.1) is 11.3 Å². The molecular weight excluding hydrogens is 344 g/mol. The highest BCUT2D eigenvalue weighted by atomic mass is 32.1. The van der Waals surface area contributed by atoms with Crippen LogP contribution in [0.3, 0.4) is 0 Å². The van der Waals surface area contributed by atoms with Crippen LogP contribution in [-0.2, 0) is 22.4 Å². The largest absolute Gasteiger partial charge is 0.341 e. The van der Waals surface area contributed by atoms with Crippen molar-refractivity contribution in [2.24, 2.45) is 0 Å². The van der Waals surface area contributed by atoms with Gasteiger partial charge in [-0.05, 0) is 41.8 Å². The fraction of sp³-hybridized carbons (Fsp3) is 0.429. The number of aryl methyl sites for hydroxylation is 1. The molecule has 4 rings (SSSR count). The zero-order chi connectivity index (χ0) is 17.9. The van der Waals surface area contributed by atoms with Crippen molar-refractivity contribution in [2.75, 3.05) is 26.2 Å². The number of nitrogens with zero attached hydrogens (tertiary/aromatic N) is 2. The molecule has 136 valence electrons. The average Bonchev–Trinajstić information content (AvgIpc) is 3.25. The Morgan fingerprint density at radius 3 is 2.65 bits per heavy atom. The zero-order valence-corrected chi connectivity index (χ0v) is 15.7. The standard InChI is InChI=1S/C21H24N2O2S/c24-20(15-17-6-3-14-26-17)22-10-4-11-23(13-12-22)21(25)19-9-8-16-5-1-2-7-18(16)19/h1-3,5-7,14,19H,4,8-13,15H2. The van der Waals surface area contributed by atoms with Crippen LogP contribution in [0.15, 0.2) is 41.8 Å². The van der Waals surface area contributed by atoms with Crippen LogP contribution in [0.5, 0.6) is 0 Å². The first-order chi connectivity index (χ1) is 12.7. The first kappa shape index (κ1) is 17.3. The van der Waals surface area contributed by atoms with E-state index >= 15 is 0 Å². The van der Waals surface area contributed by atoms with Gasteiger partial charge in [-0.25, -0.2) is 0 Å². The quantitative estimate of drug-likeness (QED) is 0.835. The molecule has 5 heteroatoms. The van der Waals surface area contributed by atoms with Crippen LogP contribution < -0.4 is 0 Å². The van der Waals surface area contributed by atoms with Crippen molar-refractivity contribution in [1.82, 2.24) is 9.80 Å². The number of hydrogen-bond donors (Lipinski definition) is 0. The van der Waals surface area contributed by atoms with Crippen LogP contribution in [0.25, 0.3) is 0 Å². The molecule has 1 saturated heterocycles. The third-order valence-electron chi connectivity index (χ3n) is 5.50. The predicted octanol–water partition coefficient (Wildman–Crippen LogP) is 3.08. The molecule has 26 heavy (non-hydrogen) atoms. The first-order valence-corrected chi connectivity index (χ1v) is 10.3. The highest BCUT2D eigenvalue weighted by molar-refractivity contribution is 7.10. The molecule has 1 unspecified atom stereocenters. The molecule has 2 aromatic rings. The van der Waals surface area contributed by atoms with E-state index in [4.69, 9.17) is 0 Å². The Hall–Kier alpha value is -2.14. The fourth-order valence-electron chi connectivity index (χ4n) is 4.10. The first-order valence-electron chi connectivity index (χ1n) is 9.39. The Bertz CT molecular complexity index is 787. The van der Waals surface area contributed by atoms with Gasteiger partial charge in [-0.3, -0.25) is 9.59 Å². The van der Waals surface area contributed by atoms with E-state index in [1.165, 1.54) is 11.1 Å². The summed E-state index contributed by atoms with van der Waals surface area (Å²) in [5.74, 6) is 0.412. The third-order valence-corrected chi connectivity index (χ3v) is 6.37. The summed E-state index contributed by atoms with van der Waals surface area (Å²) < 4.78 is 0. The van der Waals surface area contributed by atoms with Crippen LogP contribution in [-0.4, -0.2) is 47.8 Å². The number of hydrogen-bond acceptors (Lipinski definition) is 3. The lowest BCUT2D eigenvalue weighted by Gasteiger charge is -2.25. The molecule has 0 radical (unpaired) electrons. The van der Waals surface area contributed by atoms with E-state index in [0.717, 1.165) is 37.2 Å². The molecule has 4 nitrogen and oxygen atoms in total. The minimum Gasteiger partial charge on any atom is -0.341 e. The average molecular weight is 369 g/mol. The van der Waals surface area contributed by atoms with E-state index in [0.29, 0.717) is 19.5 Å². The number of carbonyl (C=O) groups is 2. The maximum atomic E-state index is 13.1. The lowest BCUT2D eigenvalue weighted by molar-refractivity contribution is -0.134. The molecule has 1 fully saturated rings. The summed E-state index contributed by atoms with van der Waals surface area (Å²) in [7, 11) is 0. The lowest BCUT2D eigenvalue weighted by Crippen LogP contribution is -2.39. The Labute approximate surface area is 158 Å². The van der Waals surface area contributed by atoms with Crippen LogP contribution in [0.2, 0.25) is 0 Å². The van der Waals surface area contributed by atoms with E-state index in [9.17, 15) is 9.59 Å². The molecule has 2 heterocycles. The molecule has 0 N–H and O–H groups in total. The van der Waals surface area contributed by atoms with E-state index in [2.05, 4.69) is 18.2 Å². The summed E-state index contributed by atoms with van der Waals surface area (Å²) in [5, 5.41) is 2.00. The van der Waals surface area contributed by atoms with Gasteiger partial charge < -0.3 is 9.80 Å². The van der Waals surface area contributed by atoms with Gasteiger partial charge in [0.15, 0.2) is 0 Å². The Kier molecular flexibility index (Phi) is 5.07. The number of thiophene rings is 1. The third kappa shape index (κ3) is 3.54. The van der Waals surface area contributed by atoms with Gasteiger partial charge in [0, 0.05) is 31.1 Å². The maximum absolute atomic E-state index is 13.1. The van der Waals surface area contributed by atoms with Gasteiger partial charge in [0.2, 0.25) is 11.8 Å². The molecule has 2 aliphatic rings. The predicted molar refractivity (Wildman–Crippen MR) is 103 cm³/mol. The summed E-state index contributed by atoms with van der Waals surface area (Å²) in [5.41, 5.74) is 2.51. The van der Waals surface area contributed by atoms with Crippen molar-refractivity contribution in [3.8, 4) is 0 Å². The topological polar surface area (TPSA) is 40.6 Å². The number of benzene rings is 1. The Morgan fingerprint density at radius 2 is 1.81 bits per heavy atom. The van der Waals surface area contributed by atoms with Crippen molar-refractivity contribution >= 4 is 23.2 Å². The highest BCUT2D eigenvalue weighted by Gasteiger charge is 2.32. The van der Waals surface area contributed by atoms with Gasteiger partial charge in [0.05, 0.1) is 12.3 Å². The molecule has 1 atom stereocenters. The van der Waals surface area contributed by atoms with Crippen LogP contribution in [0.1, 0.15) is 34.8 Å². The van der Waals surface area contributed by atoms with Crippen LogP contribution in [0.4, 0.5) is 0 Å². The van der Waals surface area contributed by atoms with Crippen molar-refractivity contribution in [3.05, 3.63) is 57.8 Å². The van der Waals surface area contributed by atoms with Gasteiger partial charge in [-0.1, -0.05) is 30.3 Å². The maximum Gasteiger partial charge on any atom is 0.230 e. The minimum absolute atomic E-state index is 0.000398. The van der Waals surface area contributed by atoms with E-state index in [1.807, 2.05) is 33.4 Å². The molecule has 1 aromatic carbocycles. The summed E-state index contributed by atoms with van der Waals surface area (Å²) in [6.07, 6.45) is 3.24. The minimum atomic E-state index is -0.000398. The van der Waals surface area contributed by atoms with Crippen molar-refractivity contribution in [3.63, 3.8) is 0 Å². The number of carbonyl (C=O) groups excluding carboxylic acids is 2. The molecule has 1 aliphatic heterocycles. The SMILES string of the molecule is O=C(Cc1cccs1)N1CCCN(C(=O)C2CCc3ccccc32)CC1. The van der Waals surface area contributed by atoms with Crippen LogP contribution >= 0.6 is 11.3 Å². The second-order valence-electron chi connectivity index (χ2n) is 7.11. The summed E-state index contributed by atoms with van der Waals surface area (Å²) in [6, 6.07) is 12.3. The summed E-state index contributed by atoms with van der Waals surface area (Å²) >= 11 is 1.62. The molecule has 1 aromatic heterocycles. The number of rotatable bonds is 3. The molecule has 0 saturated carbocycles. The monoisotopic (exact) mass is 368 g/mol. The van der Waals surface area contributed by atoms with Crippen molar-refractivity contribution in [1.29, 1.82) is 0 Å². The van der Waals surface area contributed by atoms with E-state index < -0.39 is 0 Å². The van der Waals surface area contributed by atoms with Gasteiger partial charge in [0.25, 0.3) is 0 Å². The van der Waals surface area contributed by atoms with Gasteiger partial charge >= 0.3 is 0 Å². The zero-order valence-electron chi connectivity index (χ0n) is 14.9. The molecule has 1 aliphatic carbocycles. The molecule has 2 amide bonds. The van der Waals surface area contributed by atoms with Crippen molar-refractivity contribution in [2.45, 2.75) is 31.6 Å². The summed E-state index contributed by atoms with van der Waals surface area (Å²) in [6.45, 7) is 2.79. The molecular formula is C21H24N2O2S. The van der Waals surface area contributed by atoms with Gasteiger partial charge in [-0.2, -0.15) is 0 Å². The van der Waals surface area contributed by atoms with Crippen molar-refractivity contribution < 1.29 is 9.59 Å². The second-order valence-corrected chi connectivity index (χ2v) is 8.14. The summed E-state index contributed by atoms with van der Waals surface area (Å²) in [4.78, 5) is 30.6. The highest BCUT2D eigenvalue weighted by Crippen LogP contribution is 2.34. The smallest absolute Gasteiger partial charge is 0.230 e. The Balaban J connectivity index is 1.38. The number of fused-ring (bicyclic) bond motifs is 1. The van der Waals surface area contributed by atoms with Gasteiger partial charge in [0.1, 0.15) is 0 Å². The molecule has 0 spiro atoms.